The minimum Gasteiger partial charge on any atom is -0.457 e. The fourth-order valence-corrected chi connectivity index (χ4v) is 4.24. The molecule has 0 bridgehead atoms. The van der Waals surface area contributed by atoms with E-state index in [2.05, 4.69) is 16.4 Å². The van der Waals surface area contributed by atoms with Crippen molar-refractivity contribution in [3.05, 3.63) is 99.7 Å². The normalized spacial score (nSPS) is 11.4. The average Bonchev–Trinajstić information content (AvgIpc) is 3.46. The first kappa shape index (κ1) is 23.0. The standard InChI is InChI=1S/C28H20Cl2N2O3/c1-16-12-17(2)14-18(13-16)28-32-23-15-19(6-9-25(23)35-28)31-26(33)11-8-20-7-10-24(34-20)21-4-3-5-22(29)27(21)30/h3-15H,1-2H3,(H,31,33). The lowest BCUT2D eigenvalue weighted by Crippen LogP contribution is -2.07. The van der Waals surface area contributed by atoms with E-state index in [0.717, 1.165) is 16.7 Å². The number of carbonyl (C=O) groups excluding carboxylic acids is 1. The molecule has 0 fully saturated rings. The summed E-state index contributed by atoms with van der Waals surface area (Å²) in [6.07, 6.45) is 2.99. The van der Waals surface area contributed by atoms with Gasteiger partial charge in [-0.05, 0) is 74.5 Å². The maximum absolute atomic E-state index is 12.5. The van der Waals surface area contributed by atoms with Crippen LogP contribution < -0.4 is 5.32 Å². The number of carbonyl (C=O) groups is 1. The molecule has 1 amide bonds. The molecule has 3 aromatic carbocycles. The molecule has 0 aliphatic rings. The monoisotopic (exact) mass is 502 g/mol. The number of hydrogen-bond donors (Lipinski definition) is 1. The predicted molar refractivity (Wildman–Crippen MR) is 141 cm³/mol. The predicted octanol–water partition coefficient (Wildman–Crippen LogP) is 8.33. The highest BCUT2D eigenvalue weighted by atomic mass is 35.5. The van der Waals surface area contributed by atoms with Gasteiger partial charge in [0.1, 0.15) is 17.0 Å². The van der Waals surface area contributed by atoms with Crippen LogP contribution in [0.3, 0.4) is 0 Å². The van der Waals surface area contributed by atoms with Crippen LogP contribution in [0, 0.1) is 13.8 Å². The number of rotatable bonds is 5. The molecule has 0 unspecified atom stereocenters. The maximum Gasteiger partial charge on any atom is 0.248 e. The Balaban J connectivity index is 1.30. The molecule has 35 heavy (non-hydrogen) atoms. The van der Waals surface area contributed by atoms with Crippen molar-refractivity contribution in [3.63, 3.8) is 0 Å². The van der Waals surface area contributed by atoms with Gasteiger partial charge in [-0.25, -0.2) is 4.98 Å². The largest absolute Gasteiger partial charge is 0.457 e. The van der Waals surface area contributed by atoms with Gasteiger partial charge in [0.2, 0.25) is 11.8 Å². The van der Waals surface area contributed by atoms with Crippen molar-refractivity contribution in [2.45, 2.75) is 13.8 Å². The lowest BCUT2D eigenvalue weighted by molar-refractivity contribution is -0.111. The van der Waals surface area contributed by atoms with E-state index < -0.39 is 0 Å². The summed E-state index contributed by atoms with van der Waals surface area (Å²) < 4.78 is 11.7. The molecule has 0 spiro atoms. The zero-order chi connectivity index (χ0) is 24.5. The van der Waals surface area contributed by atoms with Crippen molar-refractivity contribution < 1.29 is 13.6 Å². The van der Waals surface area contributed by atoms with E-state index in [4.69, 9.17) is 32.0 Å². The molecule has 1 N–H and O–H groups in total. The third kappa shape index (κ3) is 5.02. The molecule has 174 valence electrons. The molecule has 2 heterocycles. The van der Waals surface area contributed by atoms with Crippen molar-refractivity contribution in [1.82, 2.24) is 4.98 Å². The summed E-state index contributed by atoms with van der Waals surface area (Å²) in [4.78, 5) is 17.1. The molecule has 0 aliphatic carbocycles. The zero-order valence-electron chi connectivity index (χ0n) is 18.9. The second kappa shape index (κ2) is 9.45. The van der Waals surface area contributed by atoms with Gasteiger partial charge in [-0.1, -0.05) is 46.5 Å². The van der Waals surface area contributed by atoms with E-state index >= 15 is 0 Å². The van der Waals surface area contributed by atoms with Crippen LogP contribution in [-0.2, 0) is 4.79 Å². The number of benzene rings is 3. The highest BCUT2D eigenvalue weighted by Crippen LogP contribution is 2.34. The van der Waals surface area contributed by atoms with Gasteiger partial charge in [-0.15, -0.1) is 0 Å². The Bertz CT molecular complexity index is 1580. The smallest absolute Gasteiger partial charge is 0.248 e. The van der Waals surface area contributed by atoms with E-state index in [1.165, 1.54) is 6.08 Å². The van der Waals surface area contributed by atoms with Crippen LogP contribution in [0.5, 0.6) is 0 Å². The van der Waals surface area contributed by atoms with Gasteiger partial charge in [0.25, 0.3) is 0 Å². The number of oxazole rings is 1. The summed E-state index contributed by atoms with van der Waals surface area (Å²) in [5.74, 6) is 1.31. The van der Waals surface area contributed by atoms with E-state index in [1.807, 2.05) is 32.0 Å². The van der Waals surface area contributed by atoms with Crippen LogP contribution in [0.2, 0.25) is 10.0 Å². The van der Waals surface area contributed by atoms with Gasteiger partial charge in [0.15, 0.2) is 5.58 Å². The van der Waals surface area contributed by atoms with Gasteiger partial charge in [0, 0.05) is 22.9 Å². The Morgan fingerprint density at radius 3 is 2.54 bits per heavy atom. The summed E-state index contributed by atoms with van der Waals surface area (Å²) >= 11 is 12.3. The lowest BCUT2D eigenvalue weighted by atomic mass is 10.1. The van der Waals surface area contributed by atoms with E-state index in [9.17, 15) is 4.79 Å². The van der Waals surface area contributed by atoms with Crippen LogP contribution in [0.15, 0.2) is 81.6 Å². The van der Waals surface area contributed by atoms with Crippen molar-refractivity contribution in [2.24, 2.45) is 0 Å². The summed E-state index contributed by atoms with van der Waals surface area (Å²) in [6, 6.07) is 20.4. The van der Waals surface area contributed by atoms with Crippen molar-refractivity contribution in [1.29, 1.82) is 0 Å². The molecule has 2 aromatic heterocycles. The van der Waals surface area contributed by atoms with Crippen molar-refractivity contribution >= 4 is 52.0 Å². The van der Waals surface area contributed by atoms with Crippen LogP contribution in [0.25, 0.3) is 40.0 Å². The molecule has 5 rings (SSSR count). The molecule has 5 nitrogen and oxygen atoms in total. The van der Waals surface area contributed by atoms with Gasteiger partial charge in [0.05, 0.1) is 10.0 Å². The first-order valence-electron chi connectivity index (χ1n) is 10.9. The number of hydrogen-bond acceptors (Lipinski definition) is 4. The summed E-state index contributed by atoms with van der Waals surface area (Å²) in [5.41, 5.74) is 5.81. The first-order chi connectivity index (χ1) is 16.9. The Labute approximate surface area is 212 Å². The molecule has 0 radical (unpaired) electrons. The number of halogens is 2. The summed E-state index contributed by atoms with van der Waals surface area (Å²) in [7, 11) is 0. The highest BCUT2D eigenvalue weighted by Gasteiger charge is 2.12. The van der Waals surface area contributed by atoms with Crippen LogP contribution in [-0.4, -0.2) is 10.9 Å². The first-order valence-corrected chi connectivity index (χ1v) is 11.6. The Morgan fingerprint density at radius 1 is 0.943 bits per heavy atom. The minimum atomic E-state index is -0.305. The zero-order valence-corrected chi connectivity index (χ0v) is 20.4. The number of anilines is 1. The fraction of sp³-hybridized carbons (Fsp3) is 0.0714. The minimum absolute atomic E-state index is 0.305. The highest BCUT2D eigenvalue weighted by molar-refractivity contribution is 6.43. The Kier molecular flexibility index (Phi) is 6.20. The third-order valence-corrected chi connectivity index (χ3v) is 6.19. The van der Waals surface area contributed by atoms with Gasteiger partial charge < -0.3 is 14.2 Å². The Morgan fingerprint density at radius 2 is 1.74 bits per heavy atom. The van der Waals surface area contributed by atoms with Crippen LogP contribution in [0.1, 0.15) is 16.9 Å². The molecule has 0 saturated carbocycles. The Hall–Kier alpha value is -3.80. The summed E-state index contributed by atoms with van der Waals surface area (Å²) in [6.45, 7) is 4.08. The average molecular weight is 503 g/mol. The quantitative estimate of drug-likeness (QED) is 0.245. The molecule has 7 heteroatoms. The lowest BCUT2D eigenvalue weighted by Gasteiger charge is -2.02. The number of nitrogens with zero attached hydrogens (tertiary/aromatic N) is 1. The third-order valence-electron chi connectivity index (χ3n) is 5.37. The molecule has 0 saturated heterocycles. The van der Waals surface area contributed by atoms with Crippen molar-refractivity contribution in [3.8, 4) is 22.8 Å². The second-order valence-electron chi connectivity index (χ2n) is 8.20. The molecule has 5 aromatic rings. The maximum atomic E-state index is 12.5. The van der Waals surface area contributed by atoms with Crippen molar-refractivity contribution in [2.75, 3.05) is 5.32 Å². The number of fused-ring (bicyclic) bond motifs is 1. The number of aryl methyl sites for hydroxylation is 2. The fourth-order valence-electron chi connectivity index (χ4n) is 3.85. The van der Waals surface area contributed by atoms with E-state index in [1.54, 1.807) is 48.5 Å². The molecule has 0 atom stereocenters. The van der Waals surface area contributed by atoms with Crippen LogP contribution in [0.4, 0.5) is 5.69 Å². The van der Waals surface area contributed by atoms with E-state index in [-0.39, 0.29) is 5.91 Å². The van der Waals surface area contributed by atoms with Gasteiger partial charge in [-0.3, -0.25) is 4.79 Å². The molecular formula is C28H20Cl2N2O3. The number of amides is 1. The molecular weight excluding hydrogens is 483 g/mol. The SMILES string of the molecule is Cc1cc(C)cc(-c2nc3cc(NC(=O)C=Cc4ccc(-c5cccc(Cl)c5Cl)o4)ccc3o2)c1. The number of furan rings is 1. The summed E-state index contributed by atoms with van der Waals surface area (Å²) in [5, 5.41) is 3.70. The molecule has 0 aliphatic heterocycles. The van der Waals surface area contributed by atoms with Gasteiger partial charge in [-0.2, -0.15) is 0 Å². The van der Waals surface area contributed by atoms with E-state index in [0.29, 0.717) is 49.8 Å². The number of aromatic nitrogens is 1. The van der Waals surface area contributed by atoms with Crippen LogP contribution >= 0.6 is 23.2 Å². The van der Waals surface area contributed by atoms with Gasteiger partial charge >= 0.3 is 0 Å². The second-order valence-corrected chi connectivity index (χ2v) is 8.99. The number of nitrogens with one attached hydrogen (secondary N) is 1. The topological polar surface area (TPSA) is 68.3 Å².